The van der Waals surface area contributed by atoms with Gasteiger partial charge in [0.1, 0.15) is 5.75 Å². The number of rotatable bonds is 3. The maximum Gasteiger partial charge on any atom is 0.573 e. The van der Waals surface area contributed by atoms with Crippen molar-refractivity contribution in [2.45, 2.75) is 6.36 Å². The van der Waals surface area contributed by atoms with Crippen molar-refractivity contribution in [2.24, 2.45) is 0 Å². The first-order valence-corrected chi connectivity index (χ1v) is 9.68. The van der Waals surface area contributed by atoms with Crippen molar-refractivity contribution in [3.8, 4) is 11.4 Å². The minimum atomic E-state index is -4.77. The van der Waals surface area contributed by atoms with Crippen molar-refractivity contribution in [1.82, 2.24) is 9.90 Å². The van der Waals surface area contributed by atoms with Crippen LogP contribution in [0.2, 0.25) is 0 Å². The third-order valence-corrected chi connectivity index (χ3v) is 5.24. The lowest BCUT2D eigenvalue weighted by molar-refractivity contribution is -0.555. The Labute approximate surface area is 179 Å². The van der Waals surface area contributed by atoms with Crippen LogP contribution < -0.4 is 19.7 Å². The van der Waals surface area contributed by atoms with Gasteiger partial charge in [-0.15, -0.1) is 17.7 Å². The van der Waals surface area contributed by atoms with E-state index in [0.29, 0.717) is 24.4 Å². The lowest BCUT2D eigenvalue weighted by Crippen LogP contribution is -2.37. The minimum Gasteiger partial charge on any atom is -0.870 e. The number of hydrogen-bond donors (Lipinski definition) is 1. The minimum absolute atomic E-state index is 0. The Morgan fingerprint density at radius 3 is 2.38 bits per heavy atom. The molecule has 8 nitrogen and oxygen atoms in total. The van der Waals surface area contributed by atoms with Crippen LogP contribution in [0.4, 0.5) is 18.9 Å². The zero-order valence-electron chi connectivity index (χ0n) is 16.7. The number of aromatic amines is 1. The summed E-state index contributed by atoms with van der Waals surface area (Å²) >= 11 is 0. The quantitative estimate of drug-likeness (QED) is 0.487. The first-order valence-electron chi connectivity index (χ1n) is 9.68. The van der Waals surface area contributed by atoms with Crippen molar-refractivity contribution in [3.63, 3.8) is 0 Å². The van der Waals surface area contributed by atoms with Crippen molar-refractivity contribution in [3.05, 3.63) is 65.0 Å². The maximum atomic E-state index is 13.2. The van der Waals surface area contributed by atoms with Gasteiger partial charge in [0, 0.05) is 24.5 Å². The summed E-state index contributed by atoms with van der Waals surface area (Å²) in [5.41, 5.74) is 2.26. The zero-order chi connectivity index (χ0) is 21.6. The topological polar surface area (TPSA) is 93.6 Å². The van der Waals surface area contributed by atoms with Crippen molar-refractivity contribution >= 4 is 22.1 Å². The van der Waals surface area contributed by atoms with E-state index < -0.39 is 6.36 Å². The number of anilines is 1. The first-order chi connectivity index (χ1) is 14.9. The summed E-state index contributed by atoms with van der Waals surface area (Å²) in [5.74, 6) is -0.354. The van der Waals surface area contributed by atoms with Crippen LogP contribution in [0.1, 0.15) is 0 Å². The molecule has 2 aromatic heterocycles. The van der Waals surface area contributed by atoms with Gasteiger partial charge in [-0.3, -0.25) is 0 Å². The predicted molar refractivity (Wildman–Crippen MR) is 109 cm³/mol. The highest BCUT2D eigenvalue weighted by Crippen LogP contribution is 2.27. The second-order valence-electron chi connectivity index (χ2n) is 7.15. The van der Waals surface area contributed by atoms with Gasteiger partial charge >= 0.3 is 11.9 Å². The lowest BCUT2D eigenvalue weighted by Gasteiger charge is -2.29. The van der Waals surface area contributed by atoms with Crippen molar-refractivity contribution < 1.29 is 32.6 Å². The van der Waals surface area contributed by atoms with Crippen molar-refractivity contribution in [1.29, 1.82) is 0 Å². The smallest absolute Gasteiger partial charge is 0.573 e. The molecule has 0 amide bonds. The molecule has 0 bridgehead atoms. The average Bonchev–Trinajstić information content (AvgIpc) is 3.10. The fourth-order valence-electron chi connectivity index (χ4n) is 3.85. The molecule has 0 spiro atoms. The van der Waals surface area contributed by atoms with Gasteiger partial charge in [-0.2, -0.15) is 0 Å². The molecule has 1 saturated heterocycles. The highest BCUT2D eigenvalue weighted by molar-refractivity contribution is 5.91. The molecule has 0 atom stereocenters. The van der Waals surface area contributed by atoms with Crippen molar-refractivity contribution in [2.75, 3.05) is 31.2 Å². The number of alkyl halides is 3. The molecular formula is C21H19F3N4O4. The summed E-state index contributed by atoms with van der Waals surface area (Å²) in [6.45, 7) is 2.67. The fourth-order valence-corrected chi connectivity index (χ4v) is 3.85. The Morgan fingerprint density at radius 1 is 1.00 bits per heavy atom. The molecule has 2 N–H and O–H groups in total. The van der Waals surface area contributed by atoms with E-state index in [1.165, 1.54) is 28.9 Å². The van der Waals surface area contributed by atoms with Gasteiger partial charge < -0.3 is 19.8 Å². The second-order valence-corrected chi connectivity index (χ2v) is 7.15. The molecule has 32 heavy (non-hydrogen) atoms. The Hall–Kier alpha value is -3.57. The molecule has 0 aliphatic carbocycles. The fraction of sp³-hybridized carbons (Fsp3) is 0.238. The largest absolute Gasteiger partial charge is 0.870 e. The number of aromatic nitrogens is 3. The van der Waals surface area contributed by atoms with Crippen LogP contribution in [-0.2, 0) is 4.74 Å². The zero-order valence-corrected chi connectivity index (χ0v) is 16.7. The summed E-state index contributed by atoms with van der Waals surface area (Å²) in [6.07, 6.45) is -4.77. The van der Waals surface area contributed by atoms with E-state index in [2.05, 4.69) is 14.9 Å². The van der Waals surface area contributed by atoms with E-state index in [9.17, 15) is 18.0 Å². The SMILES string of the molecule is O=c1c2cc(N3CCOCC3)c3ccccc3[n+]2[nH]n1-c1ccc(OC(F)(F)F)cc1.[OH-]. The molecule has 3 heterocycles. The molecule has 1 aliphatic heterocycles. The van der Waals surface area contributed by atoms with E-state index in [1.807, 2.05) is 30.3 Å². The summed E-state index contributed by atoms with van der Waals surface area (Å²) in [4.78, 5) is 15.4. The molecule has 4 aromatic rings. The van der Waals surface area contributed by atoms with E-state index in [0.717, 1.165) is 29.7 Å². The molecule has 1 aliphatic rings. The maximum absolute atomic E-state index is 13.2. The highest BCUT2D eigenvalue weighted by Gasteiger charge is 2.31. The number of ether oxygens (including phenoxy) is 2. The third kappa shape index (κ3) is 3.87. The van der Waals surface area contributed by atoms with Gasteiger partial charge in [-0.1, -0.05) is 22.0 Å². The number of pyridine rings is 1. The monoisotopic (exact) mass is 448 g/mol. The number of H-pyrrole nitrogens is 1. The molecule has 0 radical (unpaired) electrons. The molecular weight excluding hydrogens is 429 g/mol. The second kappa shape index (κ2) is 8.17. The highest BCUT2D eigenvalue weighted by atomic mass is 19.4. The Bertz CT molecular complexity index is 1310. The van der Waals surface area contributed by atoms with E-state index in [4.69, 9.17) is 4.74 Å². The number of hydrogen-bond acceptors (Lipinski definition) is 5. The summed E-state index contributed by atoms with van der Waals surface area (Å²) in [6, 6.07) is 14.7. The van der Waals surface area contributed by atoms with Crippen LogP contribution in [0.15, 0.2) is 59.4 Å². The van der Waals surface area contributed by atoms with Gasteiger partial charge in [-0.05, 0) is 36.4 Å². The van der Waals surface area contributed by atoms with Gasteiger partial charge in [0.15, 0.2) is 11.2 Å². The van der Waals surface area contributed by atoms with Crippen LogP contribution in [-0.4, -0.2) is 48.0 Å². The standard InChI is InChI=1S/C21H17F3N4O3.H2O/c22-21(23,24)31-15-7-5-14(6-8-15)27-20(29)19-13-18(26-9-11-30-12-10-26)16-3-1-2-4-17(16)28(19)25-27;/h1-8,13H,9-12H2;1H2. The van der Waals surface area contributed by atoms with Crippen LogP contribution >= 0.6 is 0 Å². The number of nitrogens with zero attached hydrogens (tertiary/aromatic N) is 3. The average molecular weight is 448 g/mol. The van der Waals surface area contributed by atoms with Gasteiger partial charge in [0.25, 0.3) is 0 Å². The number of nitrogens with one attached hydrogen (secondary N) is 1. The predicted octanol–water partition coefficient (Wildman–Crippen LogP) is 2.62. The Kier molecular flexibility index (Phi) is 5.53. The Morgan fingerprint density at radius 2 is 1.69 bits per heavy atom. The summed E-state index contributed by atoms with van der Waals surface area (Å²) in [5, 5.41) is 4.01. The van der Waals surface area contributed by atoms with E-state index >= 15 is 0 Å². The van der Waals surface area contributed by atoms with Crippen LogP contribution in [0, 0.1) is 0 Å². The van der Waals surface area contributed by atoms with Crippen LogP contribution in [0.5, 0.6) is 5.75 Å². The van der Waals surface area contributed by atoms with E-state index in [-0.39, 0.29) is 16.8 Å². The van der Waals surface area contributed by atoms with Crippen LogP contribution in [0.25, 0.3) is 22.1 Å². The molecule has 5 rings (SSSR count). The number of halogens is 3. The normalized spacial score (nSPS) is 14.5. The number of benzene rings is 2. The molecule has 1 fully saturated rings. The van der Waals surface area contributed by atoms with Gasteiger partial charge in [0.2, 0.25) is 5.52 Å². The molecule has 11 heteroatoms. The summed E-state index contributed by atoms with van der Waals surface area (Å²) < 4.78 is 49.6. The third-order valence-electron chi connectivity index (χ3n) is 5.24. The molecule has 168 valence electrons. The summed E-state index contributed by atoms with van der Waals surface area (Å²) in [7, 11) is 0. The molecule has 0 unspecified atom stereocenters. The van der Waals surface area contributed by atoms with Gasteiger partial charge in [-0.25, -0.2) is 4.79 Å². The number of fused-ring (bicyclic) bond motifs is 3. The first kappa shape index (κ1) is 21.7. The number of para-hydroxylation sites is 1. The lowest BCUT2D eigenvalue weighted by atomic mass is 10.1. The number of morpholine rings is 1. The molecule has 0 saturated carbocycles. The van der Waals surface area contributed by atoms with Crippen LogP contribution in [0.3, 0.4) is 0 Å². The Balaban J connectivity index is 0.00000245. The van der Waals surface area contributed by atoms with E-state index in [1.54, 1.807) is 4.52 Å². The molecule has 2 aromatic carbocycles. The van der Waals surface area contributed by atoms with Gasteiger partial charge in [0.05, 0.1) is 18.9 Å².